The van der Waals surface area contributed by atoms with Gasteiger partial charge in [-0.05, 0) is 37.1 Å². The number of nitrogens with zero attached hydrogens (tertiary/aromatic N) is 2. The summed E-state index contributed by atoms with van der Waals surface area (Å²) in [5.41, 5.74) is 2.36. The van der Waals surface area contributed by atoms with Crippen molar-refractivity contribution in [3.8, 4) is 0 Å². The number of hydrogen-bond donors (Lipinski definition) is 0. The number of rotatable bonds is 3. The molecule has 0 aromatic heterocycles. The topological polar surface area (TPSA) is 41.9 Å². The first-order valence-electron chi connectivity index (χ1n) is 7.76. The number of hydroxylamine groups is 2. The minimum atomic E-state index is -0.537. The summed E-state index contributed by atoms with van der Waals surface area (Å²) in [4.78, 5) is 22.1. The molecule has 1 aliphatic rings. The van der Waals surface area contributed by atoms with Crippen LogP contribution in [0.25, 0.3) is 0 Å². The Morgan fingerprint density at radius 1 is 1.12 bits per heavy atom. The second kappa shape index (κ2) is 6.49. The summed E-state index contributed by atoms with van der Waals surface area (Å²) in [7, 11) is 0. The first kappa shape index (κ1) is 16.9. The van der Waals surface area contributed by atoms with Gasteiger partial charge in [0.25, 0.3) is 0 Å². The van der Waals surface area contributed by atoms with Gasteiger partial charge in [-0.3, -0.25) is 9.79 Å². The number of carbonyl (C=O) groups is 1. The molecule has 2 aromatic carbocycles. The highest BCUT2D eigenvalue weighted by Gasteiger charge is 2.46. The Morgan fingerprint density at radius 3 is 2.33 bits per heavy atom. The van der Waals surface area contributed by atoms with Crippen LogP contribution in [0.5, 0.6) is 0 Å². The van der Waals surface area contributed by atoms with Crippen molar-refractivity contribution in [2.24, 2.45) is 4.99 Å². The van der Waals surface area contributed by atoms with Crippen LogP contribution in [0.2, 0.25) is 0 Å². The quantitative estimate of drug-likeness (QED) is 0.778. The Balaban J connectivity index is 2.08. The second-order valence-corrected chi connectivity index (χ2v) is 7.15. The van der Waals surface area contributed by atoms with Crippen LogP contribution in [0.1, 0.15) is 38.1 Å². The summed E-state index contributed by atoms with van der Waals surface area (Å²) in [6.45, 7) is 5.44. The predicted molar refractivity (Wildman–Crippen MR) is 97.5 cm³/mol. The van der Waals surface area contributed by atoms with E-state index in [0.717, 1.165) is 21.3 Å². The van der Waals surface area contributed by atoms with E-state index in [1.54, 1.807) is 5.06 Å². The largest absolute Gasteiger partial charge is 0.365 e. The summed E-state index contributed by atoms with van der Waals surface area (Å²) < 4.78 is 0.995. The Kier molecular flexibility index (Phi) is 4.56. The van der Waals surface area contributed by atoms with Crippen molar-refractivity contribution in [1.29, 1.82) is 0 Å². The third kappa shape index (κ3) is 3.14. The second-order valence-electron chi connectivity index (χ2n) is 6.24. The van der Waals surface area contributed by atoms with Gasteiger partial charge in [0.15, 0.2) is 6.17 Å². The highest BCUT2D eigenvalue weighted by atomic mass is 79.9. The SMILES string of the molecule is CC(=O)ON1[C@H](c2ccc(Br)cc2)N=C(c2ccccc2)C1(C)C. The van der Waals surface area contributed by atoms with E-state index in [2.05, 4.69) is 15.9 Å². The summed E-state index contributed by atoms with van der Waals surface area (Å²) in [6, 6.07) is 17.9. The molecule has 3 rings (SSSR count). The normalized spacial score (nSPS) is 19.8. The Hall–Kier alpha value is -1.98. The molecular weight excluding hydrogens is 368 g/mol. The molecule has 1 aliphatic heterocycles. The van der Waals surface area contributed by atoms with E-state index in [1.165, 1.54) is 6.92 Å². The fourth-order valence-corrected chi connectivity index (χ4v) is 3.18. The Bertz CT molecular complexity index is 770. The lowest BCUT2D eigenvalue weighted by Crippen LogP contribution is -2.47. The van der Waals surface area contributed by atoms with Crippen LogP contribution in [0.15, 0.2) is 64.1 Å². The summed E-state index contributed by atoms with van der Waals surface area (Å²) in [5.74, 6) is -0.352. The number of carbonyl (C=O) groups excluding carboxylic acids is 1. The zero-order valence-corrected chi connectivity index (χ0v) is 15.4. The maximum atomic E-state index is 11.6. The molecule has 0 saturated carbocycles. The number of halogens is 1. The molecule has 0 bridgehead atoms. The maximum Gasteiger partial charge on any atom is 0.322 e. The molecule has 0 spiro atoms. The van der Waals surface area contributed by atoms with Crippen LogP contribution >= 0.6 is 15.9 Å². The summed E-state index contributed by atoms with van der Waals surface area (Å²) in [5, 5.41) is 1.68. The van der Waals surface area contributed by atoms with Crippen molar-refractivity contribution in [1.82, 2.24) is 5.06 Å². The Morgan fingerprint density at radius 2 is 1.75 bits per heavy atom. The zero-order chi connectivity index (χ0) is 17.3. The average molecular weight is 387 g/mol. The van der Waals surface area contributed by atoms with E-state index in [9.17, 15) is 4.79 Å². The van der Waals surface area contributed by atoms with Crippen LogP contribution in [0.3, 0.4) is 0 Å². The minimum absolute atomic E-state index is 0.352. The van der Waals surface area contributed by atoms with E-state index < -0.39 is 5.54 Å². The van der Waals surface area contributed by atoms with Gasteiger partial charge < -0.3 is 4.84 Å². The van der Waals surface area contributed by atoms with Crippen molar-refractivity contribution in [3.63, 3.8) is 0 Å². The van der Waals surface area contributed by atoms with Crippen molar-refractivity contribution in [2.75, 3.05) is 0 Å². The fraction of sp³-hybridized carbons (Fsp3) is 0.263. The summed E-state index contributed by atoms with van der Waals surface area (Å²) in [6.07, 6.45) is -0.368. The van der Waals surface area contributed by atoms with Gasteiger partial charge in [-0.2, -0.15) is 0 Å². The van der Waals surface area contributed by atoms with Crippen LogP contribution < -0.4 is 0 Å². The fourth-order valence-electron chi connectivity index (χ4n) is 2.91. The van der Waals surface area contributed by atoms with E-state index >= 15 is 0 Å². The molecule has 124 valence electrons. The molecule has 0 amide bonds. The third-order valence-corrected chi connectivity index (χ3v) is 4.57. The van der Waals surface area contributed by atoms with Gasteiger partial charge in [0.05, 0.1) is 11.3 Å². The van der Waals surface area contributed by atoms with E-state index in [-0.39, 0.29) is 12.1 Å². The number of aliphatic imine (C=N–C) groups is 1. The van der Waals surface area contributed by atoms with Crippen LogP contribution in [-0.2, 0) is 9.63 Å². The molecule has 0 saturated heterocycles. The number of hydrogen-bond acceptors (Lipinski definition) is 4. The molecular formula is C19H19BrN2O2. The summed E-state index contributed by atoms with van der Waals surface area (Å²) >= 11 is 3.45. The average Bonchev–Trinajstić information content (AvgIpc) is 2.80. The molecule has 5 heteroatoms. The van der Waals surface area contributed by atoms with Crippen LogP contribution in [-0.4, -0.2) is 22.3 Å². The molecule has 0 aliphatic carbocycles. The zero-order valence-electron chi connectivity index (χ0n) is 13.9. The van der Waals surface area contributed by atoms with Crippen LogP contribution in [0, 0.1) is 0 Å². The van der Waals surface area contributed by atoms with E-state index in [4.69, 9.17) is 9.83 Å². The van der Waals surface area contributed by atoms with Gasteiger partial charge in [0.1, 0.15) is 0 Å². The molecule has 0 N–H and O–H groups in total. The highest BCUT2D eigenvalue weighted by Crippen LogP contribution is 2.39. The standard InChI is InChI=1S/C19H19BrN2O2/c1-13(23)24-22-18(15-9-11-16(20)12-10-15)21-17(19(22,2)3)14-7-5-4-6-8-14/h4-12,18H,1-3H3/t18-/m1/s1. The number of benzene rings is 2. The monoisotopic (exact) mass is 386 g/mol. The lowest BCUT2D eigenvalue weighted by Gasteiger charge is -2.33. The predicted octanol–water partition coefficient (Wildman–Crippen LogP) is 4.51. The van der Waals surface area contributed by atoms with Crippen molar-refractivity contribution < 1.29 is 9.63 Å². The van der Waals surface area contributed by atoms with Gasteiger partial charge in [-0.25, -0.2) is 0 Å². The molecule has 24 heavy (non-hydrogen) atoms. The molecule has 0 fully saturated rings. The molecule has 4 nitrogen and oxygen atoms in total. The molecule has 0 radical (unpaired) electrons. The smallest absolute Gasteiger partial charge is 0.322 e. The molecule has 0 unspecified atom stereocenters. The third-order valence-electron chi connectivity index (χ3n) is 4.05. The first-order chi connectivity index (χ1) is 11.4. The van der Waals surface area contributed by atoms with E-state index in [0.29, 0.717) is 0 Å². The van der Waals surface area contributed by atoms with Gasteiger partial charge in [0, 0.05) is 11.4 Å². The lowest BCUT2D eigenvalue weighted by atomic mass is 9.93. The molecule has 1 atom stereocenters. The maximum absolute atomic E-state index is 11.6. The van der Waals surface area contributed by atoms with Crippen LogP contribution in [0.4, 0.5) is 0 Å². The lowest BCUT2D eigenvalue weighted by molar-refractivity contribution is -0.214. The van der Waals surface area contributed by atoms with Crippen molar-refractivity contribution in [2.45, 2.75) is 32.5 Å². The molecule has 1 heterocycles. The highest BCUT2D eigenvalue weighted by molar-refractivity contribution is 9.10. The Labute approximate surface area is 150 Å². The van der Waals surface area contributed by atoms with Crippen molar-refractivity contribution >= 4 is 27.6 Å². The van der Waals surface area contributed by atoms with Crippen molar-refractivity contribution in [3.05, 3.63) is 70.2 Å². The molecule has 2 aromatic rings. The first-order valence-corrected chi connectivity index (χ1v) is 8.56. The van der Waals surface area contributed by atoms with Gasteiger partial charge in [-0.15, -0.1) is 0 Å². The van der Waals surface area contributed by atoms with Gasteiger partial charge >= 0.3 is 5.97 Å². The van der Waals surface area contributed by atoms with E-state index in [1.807, 2.05) is 68.4 Å². The van der Waals surface area contributed by atoms with Gasteiger partial charge in [-0.1, -0.05) is 63.5 Å². The minimum Gasteiger partial charge on any atom is -0.365 e. The van der Waals surface area contributed by atoms with Gasteiger partial charge in [0.2, 0.25) is 0 Å².